The van der Waals surface area contributed by atoms with Crippen molar-refractivity contribution in [2.45, 2.75) is 13.0 Å². The first-order valence-corrected chi connectivity index (χ1v) is 10.4. The average molecular weight is 433 g/mol. The van der Waals surface area contributed by atoms with E-state index in [-0.39, 0.29) is 18.0 Å². The van der Waals surface area contributed by atoms with Crippen molar-refractivity contribution in [1.29, 1.82) is 0 Å². The number of hydrogen-bond donors (Lipinski definition) is 0. The summed E-state index contributed by atoms with van der Waals surface area (Å²) >= 11 is 6.28. The van der Waals surface area contributed by atoms with E-state index in [0.29, 0.717) is 28.4 Å². The van der Waals surface area contributed by atoms with Crippen molar-refractivity contribution in [3.8, 4) is 0 Å². The van der Waals surface area contributed by atoms with Gasteiger partial charge in [-0.1, -0.05) is 60.1 Å². The molecule has 5 rings (SSSR count). The van der Waals surface area contributed by atoms with Gasteiger partial charge in [-0.25, -0.2) is 4.39 Å². The Kier molecular flexibility index (Phi) is 4.83. The van der Waals surface area contributed by atoms with Crippen LogP contribution in [0, 0.1) is 5.82 Å². The zero-order valence-electron chi connectivity index (χ0n) is 16.5. The molecule has 0 saturated heterocycles. The number of para-hydroxylation sites is 1. The minimum absolute atomic E-state index is 0.0705. The zero-order valence-corrected chi connectivity index (χ0v) is 17.3. The first-order valence-electron chi connectivity index (χ1n) is 10.00. The van der Waals surface area contributed by atoms with Crippen molar-refractivity contribution in [2.75, 3.05) is 11.4 Å². The molecule has 0 bridgehead atoms. The first kappa shape index (κ1) is 19.5. The maximum absolute atomic E-state index is 13.6. The lowest BCUT2D eigenvalue weighted by Gasteiger charge is -2.22. The Morgan fingerprint density at radius 2 is 1.58 bits per heavy atom. The summed E-state index contributed by atoms with van der Waals surface area (Å²) in [6.07, 6.45) is 0.780. The van der Waals surface area contributed by atoms with Gasteiger partial charge in [-0.3, -0.25) is 14.5 Å². The van der Waals surface area contributed by atoms with E-state index in [2.05, 4.69) is 0 Å². The van der Waals surface area contributed by atoms with Gasteiger partial charge in [0.05, 0.1) is 12.1 Å². The minimum Gasteiger partial charge on any atom is -0.336 e. The fourth-order valence-corrected chi connectivity index (χ4v) is 4.40. The Labute approximate surface area is 184 Å². The second kappa shape index (κ2) is 7.67. The van der Waals surface area contributed by atoms with Gasteiger partial charge in [0, 0.05) is 17.3 Å². The molecule has 0 aromatic heterocycles. The summed E-state index contributed by atoms with van der Waals surface area (Å²) in [6, 6.07) is 20.7. The number of rotatable bonds is 4. The second-order valence-corrected chi connectivity index (χ2v) is 7.96. The lowest BCUT2D eigenvalue weighted by molar-refractivity contribution is -0.137. The highest BCUT2D eigenvalue weighted by atomic mass is 35.5. The smallest absolute Gasteiger partial charge is 0.278 e. The highest BCUT2D eigenvalue weighted by Crippen LogP contribution is 2.39. The summed E-state index contributed by atoms with van der Waals surface area (Å²) in [5.41, 5.74) is 3.85. The summed E-state index contributed by atoms with van der Waals surface area (Å²) < 4.78 is 13.5. The van der Waals surface area contributed by atoms with Crippen LogP contribution in [0.25, 0.3) is 5.57 Å². The molecule has 2 heterocycles. The summed E-state index contributed by atoms with van der Waals surface area (Å²) in [7, 11) is 0. The largest absolute Gasteiger partial charge is 0.336 e. The molecular formula is C25H18ClFN2O2. The number of benzene rings is 3. The molecule has 0 spiro atoms. The SMILES string of the molecule is O=C1C(c2ccc(F)cc2)=C(N2CCc3ccccc32)C(=O)N1Cc1ccccc1Cl. The number of anilines is 1. The third-order valence-electron chi connectivity index (χ3n) is 5.72. The molecule has 3 aromatic carbocycles. The number of halogens is 2. The molecule has 0 N–H and O–H groups in total. The molecule has 4 nitrogen and oxygen atoms in total. The third-order valence-corrected chi connectivity index (χ3v) is 6.09. The van der Waals surface area contributed by atoms with E-state index >= 15 is 0 Å². The van der Waals surface area contributed by atoms with Crippen molar-refractivity contribution in [2.24, 2.45) is 0 Å². The second-order valence-electron chi connectivity index (χ2n) is 7.55. The molecule has 0 unspecified atom stereocenters. The Hall–Kier alpha value is -3.44. The fourth-order valence-electron chi connectivity index (χ4n) is 4.20. The third kappa shape index (κ3) is 3.31. The van der Waals surface area contributed by atoms with Gasteiger partial charge < -0.3 is 4.90 Å². The van der Waals surface area contributed by atoms with Crippen LogP contribution in [0.1, 0.15) is 16.7 Å². The van der Waals surface area contributed by atoms with E-state index in [0.717, 1.165) is 17.7 Å². The molecule has 2 aliphatic heterocycles. The number of nitrogens with zero attached hydrogens (tertiary/aromatic N) is 2. The number of amides is 2. The van der Waals surface area contributed by atoms with E-state index in [9.17, 15) is 14.0 Å². The average Bonchev–Trinajstić information content (AvgIpc) is 3.30. The maximum Gasteiger partial charge on any atom is 0.278 e. The van der Waals surface area contributed by atoms with Crippen molar-refractivity contribution in [3.63, 3.8) is 0 Å². The molecule has 0 fully saturated rings. The van der Waals surface area contributed by atoms with Gasteiger partial charge in [-0.2, -0.15) is 0 Å². The van der Waals surface area contributed by atoms with Crippen LogP contribution < -0.4 is 4.90 Å². The quantitative estimate of drug-likeness (QED) is 0.555. The Bertz CT molecular complexity index is 1240. The molecule has 0 saturated carbocycles. The highest BCUT2D eigenvalue weighted by molar-refractivity contribution is 6.37. The monoisotopic (exact) mass is 432 g/mol. The number of carbonyl (C=O) groups is 2. The van der Waals surface area contributed by atoms with E-state index in [1.54, 1.807) is 18.2 Å². The minimum atomic E-state index is -0.407. The number of hydrogen-bond acceptors (Lipinski definition) is 3. The van der Waals surface area contributed by atoms with E-state index in [1.807, 2.05) is 35.2 Å². The van der Waals surface area contributed by atoms with Gasteiger partial charge in [-0.05, 0) is 47.4 Å². The predicted molar refractivity (Wildman–Crippen MR) is 118 cm³/mol. The molecule has 6 heteroatoms. The summed E-state index contributed by atoms with van der Waals surface area (Å²) in [5, 5.41) is 0.492. The predicted octanol–water partition coefficient (Wildman–Crippen LogP) is 4.82. The van der Waals surface area contributed by atoms with Crippen LogP contribution in [0.2, 0.25) is 5.02 Å². The van der Waals surface area contributed by atoms with E-state index in [4.69, 9.17) is 11.6 Å². The Balaban J connectivity index is 1.62. The van der Waals surface area contributed by atoms with Crippen LogP contribution in [0.3, 0.4) is 0 Å². The number of carbonyl (C=O) groups excluding carboxylic acids is 2. The standard InChI is InChI=1S/C25H18ClFN2O2/c26-20-7-3-1-6-18(20)15-29-24(30)22(17-9-11-19(27)12-10-17)23(25(29)31)28-14-13-16-5-2-4-8-21(16)28/h1-12H,13-15H2. The van der Waals surface area contributed by atoms with Crippen LogP contribution in [0.15, 0.2) is 78.5 Å². The number of fused-ring (bicyclic) bond motifs is 1. The summed E-state index contributed by atoms with van der Waals surface area (Å²) in [5.74, 6) is -1.18. The van der Waals surface area contributed by atoms with Crippen molar-refractivity contribution in [1.82, 2.24) is 4.90 Å². The van der Waals surface area contributed by atoms with Crippen LogP contribution in [0.5, 0.6) is 0 Å². The van der Waals surface area contributed by atoms with Gasteiger partial charge in [0.2, 0.25) is 0 Å². The Morgan fingerprint density at radius 1 is 0.871 bits per heavy atom. The van der Waals surface area contributed by atoms with Gasteiger partial charge in [0.25, 0.3) is 11.8 Å². The molecule has 0 atom stereocenters. The molecule has 0 radical (unpaired) electrons. The molecule has 31 heavy (non-hydrogen) atoms. The van der Waals surface area contributed by atoms with Crippen molar-refractivity contribution < 1.29 is 14.0 Å². The van der Waals surface area contributed by atoms with Gasteiger partial charge in [0.15, 0.2) is 0 Å². The van der Waals surface area contributed by atoms with Crippen LogP contribution in [-0.2, 0) is 22.6 Å². The van der Waals surface area contributed by atoms with E-state index in [1.165, 1.54) is 29.2 Å². The molecule has 3 aromatic rings. The van der Waals surface area contributed by atoms with Gasteiger partial charge in [0.1, 0.15) is 11.5 Å². The number of imide groups is 1. The zero-order chi connectivity index (χ0) is 21.5. The fraction of sp³-hybridized carbons (Fsp3) is 0.120. The lowest BCUT2D eigenvalue weighted by Crippen LogP contribution is -2.34. The van der Waals surface area contributed by atoms with Crippen molar-refractivity contribution in [3.05, 3.63) is 106 Å². The first-order chi connectivity index (χ1) is 15.0. The Morgan fingerprint density at radius 3 is 2.35 bits per heavy atom. The summed E-state index contributed by atoms with van der Waals surface area (Å²) in [6.45, 7) is 0.666. The molecule has 0 aliphatic carbocycles. The van der Waals surface area contributed by atoms with Crippen molar-refractivity contribution >= 4 is 34.7 Å². The molecule has 2 amide bonds. The van der Waals surface area contributed by atoms with Gasteiger partial charge >= 0.3 is 0 Å². The van der Waals surface area contributed by atoms with Gasteiger partial charge in [-0.15, -0.1) is 0 Å². The van der Waals surface area contributed by atoms with Crippen LogP contribution in [0.4, 0.5) is 10.1 Å². The van der Waals surface area contributed by atoms with Crippen LogP contribution >= 0.6 is 11.6 Å². The molecular weight excluding hydrogens is 415 g/mol. The normalized spacial score (nSPS) is 15.8. The molecule has 2 aliphatic rings. The topological polar surface area (TPSA) is 40.6 Å². The summed E-state index contributed by atoms with van der Waals surface area (Å²) in [4.78, 5) is 30.2. The van der Waals surface area contributed by atoms with E-state index < -0.39 is 11.7 Å². The van der Waals surface area contributed by atoms with Crippen LogP contribution in [-0.4, -0.2) is 23.3 Å². The highest BCUT2D eigenvalue weighted by Gasteiger charge is 2.43. The maximum atomic E-state index is 13.6. The lowest BCUT2D eigenvalue weighted by atomic mass is 10.0. The molecule has 154 valence electrons.